The second kappa shape index (κ2) is 8.93. The Hall–Kier alpha value is -1.07. The van der Waals surface area contributed by atoms with Crippen LogP contribution in [0.1, 0.15) is 26.7 Å². The predicted molar refractivity (Wildman–Crippen MR) is 80.5 cm³/mol. The maximum absolute atomic E-state index is 8.83. The average molecular weight is 268 g/mol. The average Bonchev–Trinajstić information content (AvgIpc) is 2.38. The molecule has 1 saturated heterocycles. The van der Waals surface area contributed by atoms with Crippen molar-refractivity contribution in [1.29, 1.82) is 0 Å². The SMILES string of the molecule is C=C(C)CN1CCC(NC(=NCCO)NCC)CC1. The van der Waals surface area contributed by atoms with Gasteiger partial charge in [-0.1, -0.05) is 12.2 Å². The Morgan fingerprint density at radius 3 is 2.63 bits per heavy atom. The van der Waals surface area contributed by atoms with Gasteiger partial charge in [0.2, 0.25) is 0 Å². The Labute approximate surface area is 116 Å². The minimum Gasteiger partial charge on any atom is -0.394 e. The highest BCUT2D eigenvalue weighted by Gasteiger charge is 2.19. The van der Waals surface area contributed by atoms with E-state index in [2.05, 4.69) is 34.0 Å². The molecule has 1 heterocycles. The summed E-state index contributed by atoms with van der Waals surface area (Å²) >= 11 is 0. The number of likely N-dealkylation sites (tertiary alicyclic amines) is 1. The summed E-state index contributed by atoms with van der Waals surface area (Å²) in [7, 11) is 0. The zero-order valence-corrected chi connectivity index (χ0v) is 12.3. The van der Waals surface area contributed by atoms with Crippen LogP contribution in [0, 0.1) is 0 Å². The van der Waals surface area contributed by atoms with Crippen LogP contribution in [0.4, 0.5) is 0 Å². The first kappa shape index (κ1) is 16.0. The Balaban J connectivity index is 2.35. The zero-order valence-electron chi connectivity index (χ0n) is 12.3. The van der Waals surface area contributed by atoms with Gasteiger partial charge in [-0.15, -0.1) is 0 Å². The van der Waals surface area contributed by atoms with Crippen molar-refractivity contribution in [2.45, 2.75) is 32.7 Å². The van der Waals surface area contributed by atoms with Crippen LogP contribution < -0.4 is 10.6 Å². The van der Waals surface area contributed by atoms with E-state index in [0.29, 0.717) is 12.6 Å². The van der Waals surface area contributed by atoms with E-state index in [0.717, 1.165) is 45.0 Å². The van der Waals surface area contributed by atoms with E-state index in [1.165, 1.54) is 5.57 Å². The second-order valence-corrected chi connectivity index (χ2v) is 5.14. The van der Waals surface area contributed by atoms with Gasteiger partial charge in [0.15, 0.2) is 5.96 Å². The summed E-state index contributed by atoms with van der Waals surface area (Å²) < 4.78 is 0. The molecule has 0 atom stereocenters. The van der Waals surface area contributed by atoms with Gasteiger partial charge in [-0.2, -0.15) is 0 Å². The fraction of sp³-hybridized carbons (Fsp3) is 0.786. The van der Waals surface area contributed by atoms with E-state index in [-0.39, 0.29) is 6.61 Å². The van der Waals surface area contributed by atoms with Gasteiger partial charge in [0.25, 0.3) is 0 Å². The number of hydrogen-bond donors (Lipinski definition) is 3. The van der Waals surface area contributed by atoms with Crippen molar-refractivity contribution in [2.75, 3.05) is 39.3 Å². The third kappa shape index (κ3) is 6.59. The lowest BCUT2D eigenvalue weighted by Gasteiger charge is -2.33. The predicted octanol–water partition coefficient (Wildman–Crippen LogP) is 0.574. The van der Waals surface area contributed by atoms with E-state index in [1.807, 2.05) is 6.92 Å². The number of aliphatic imine (C=N–C) groups is 1. The van der Waals surface area contributed by atoms with Crippen molar-refractivity contribution in [3.05, 3.63) is 12.2 Å². The minimum atomic E-state index is 0.0909. The molecule has 1 fully saturated rings. The molecule has 0 unspecified atom stereocenters. The monoisotopic (exact) mass is 268 g/mol. The highest BCUT2D eigenvalue weighted by Crippen LogP contribution is 2.11. The standard InChI is InChI=1S/C14H28N4O/c1-4-15-14(16-7-10-19)17-13-5-8-18(9-6-13)11-12(2)3/h13,19H,2,4-11H2,1,3H3,(H2,15,16,17). The van der Waals surface area contributed by atoms with Crippen LogP contribution in [-0.2, 0) is 0 Å². The van der Waals surface area contributed by atoms with Crippen molar-refractivity contribution in [3.63, 3.8) is 0 Å². The van der Waals surface area contributed by atoms with Crippen molar-refractivity contribution in [2.24, 2.45) is 4.99 Å². The highest BCUT2D eigenvalue weighted by molar-refractivity contribution is 5.80. The first-order valence-electron chi connectivity index (χ1n) is 7.18. The molecule has 19 heavy (non-hydrogen) atoms. The lowest BCUT2D eigenvalue weighted by atomic mass is 10.0. The quantitative estimate of drug-likeness (QED) is 0.374. The van der Waals surface area contributed by atoms with Gasteiger partial charge in [0.1, 0.15) is 0 Å². The molecule has 0 spiro atoms. The largest absolute Gasteiger partial charge is 0.394 e. The van der Waals surface area contributed by atoms with E-state index in [4.69, 9.17) is 5.11 Å². The Kier molecular flexibility index (Phi) is 7.52. The molecule has 0 aromatic carbocycles. The summed E-state index contributed by atoms with van der Waals surface area (Å²) in [6.07, 6.45) is 2.24. The van der Waals surface area contributed by atoms with Gasteiger partial charge in [-0.3, -0.25) is 9.89 Å². The molecule has 0 bridgehead atoms. The van der Waals surface area contributed by atoms with Gasteiger partial charge in [0.05, 0.1) is 13.2 Å². The molecule has 1 rings (SSSR count). The van der Waals surface area contributed by atoms with Crippen molar-refractivity contribution in [3.8, 4) is 0 Å². The number of aliphatic hydroxyl groups is 1. The lowest BCUT2D eigenvalue weighted by molar-refractivity contribution is 0.221. The molecular weight excluding hydrogens is 240 g/mol. The van der Waals surface area contributed by atoms with Crippen molar-refractivity contribution >= 4 is 5.96 Å². The fourth-order valence-corrected chi connectivity index (χ4v) is 2.29. The Bertz CT molecular complexity index is 296. The van der Waals surface area contributed by atoms with Crippen molar-refractivity contribution < 1.29 is 5.11 Å². The molecule has 0 aromatic heterocycles. The van der Waals surface area contributed by atoms with E-state index < -0.39 is 0 Å². The normalized spacial score (nSPS) is 18.4. The van der Waals surface area contributed by atoms with Gasteiger partial charge in [-0.25, -0.2) is 0 Å². The van der Waals surface area contributed by atoms with E-state index >= 15 is 0 Å². The fourth-order valence-electron chi connectivity index (χ4n) is 2.29. The van der Waals surface area contributed by atoms with Crippen LogP contribution in [0.15, 0.2) is 17.1 Å². The van der Waals surface area contributed by atoms with Gasteiger partial charge in [-0.05, 0) is 26.7 Å². The maximum atomic E-state index is 8.83. The Morgan fingerprint density at radius 2 is 2.11 bits per heavy atom. The van der Waals surface area contributed by atoms with Crippen LogP contribution in [0.25, 0.3) is 0 Å². The zero-order chi connectivity index (χ0) is 14.1. The molecule has 3 N–H and O–H groups in total. The molecule has 0 aromatic rings. The van der Waals surface area contributed by atoms with Crippen LogP contribution in [0.5, 0.6) is 0 Å². The third-order valence-electron chi connectivity index (χ3n) is 3.14. The van der Waals surface area contributed by atoms with Crippen LogP contribution in [0.3, 0.4) is 0 Å². The smallest absolute Gasteiger partial charge is 0.191 e. The van der Waals surface area contributed by atoms with Gasteiger partial charge >= 0.3 is 0 Å². The molecule has 1 aliphatic rings. The third-order valence-corrected chi connectivity index (χ3v) is 3.14. The number of hydrogen-bond acceptors (Lipinski definition) is 3. The topological polar surface area (TPSA) is 59.9 Å². The number of guanidine groups is 1. The summed E-state index contributed by atoms with van der Waals surface area (Å²) in [5.41, 5.74) is 1.23. The molecule has 0 saturated carbocycles. The summed E-state index contributed by atoms with van der Waals surface area (Å²) in [6, 6.07) is 0.470. The molecular formula is C14H28N4O. The molecule has 0 aliphatic carbocycles. The number of nitrogens with one attached hydrogen (secondary N) is 2. The first-order chi connectivity index (χ1) is 9.15. The molecule has 110 valence electrons. The molecule has 0 radical (unpaired) electrons. The first-order valence-corrected chi connectivity index (χ1v) is 7.18. The van der Waals surface area contributed by atoms with Crippen LogP contribution in [-0.4, -0.2) is 61.3 Å². The number of rotatable bonds is 6. The molecule has 1 aliphatic heterocycles. The summed E-state index contributed by atoms with van der Waals surface area (Å²) in [4.78, 5) is 6.75. The second-order valence-electron chi connectivity index (χ2n) is 5.14. The molecule has 5 nitrogen and oxygen atoms in total. The van der Waals surface area contributed by atoms with E-state index in [1.54, 1.807) is 0 Å². The number of nitrogens with zero attached hydrogens (tertiary/aromatic N) is 2. The van der Waals surface area contributed by atoms with E-state index in [9.17, 15) is 0 Å². The van der Waals surface area contributed by atoms with Gasteiger partial charge in [0, 0.05) is 32.2 Å². The summed E-state index contributed by atoms with van der Waals surface area (Å²) in [6.45, 7) is 12.7. The maximum Gasteiger partial charge on any atom is 0.191 e. The highest BCUT2D eigenvalue weighted by atomic mass is 16.3. The van der Waals surface area contributed by atoms with Crippen LogP contribution in [0.2, 0.25) is 0 Å². The molecule has 5 heteroatoms. The van der Waals surface area contributed by atoms with Crippen LogP contribution >= 0.6 is 0 Å². The number of aliphatic hydroxyl groups excluding tert-OH is 1. The summed E-state index contributed by atoms with van der Waals surface area (Å²) in [5.74, 6) is 0.815. The van der Waals surface area contributed by atoms with Gasteiger partial charge < -0.3 is 15.7 Å². The lowest BCUT2D eigenvalue weighted by Crippen LogP contribution is -2.49. The number of piperidine rings is 1. The minimum absolute atomic E-state index is 0.0909. The van der Waals surface area contributed by atoms with Crippen molar-refractivity contribution in [1.82, 2.24) is 15.5 Å². The summed E-state index contributed by atoms with van der Waals surface area (Å²) in [5, 5.41) is 15.5. The molecule has 0 amide bonds. The Morgan fingerprint density at radius 1 is 1.42 bits per heavy atom.